The quantitative estimate of drug-likeness (QED) is 0.900. The van der Waals surface area contributed by atoms with Crippen molar-refractivity contribution in [1.82, 2.24) is 0 Å². The van der Waals surface area contributed by atoms with Gasteiger partial charge in [-0.3, -0.25) is 0 Å². The van der Waals surface area contributed by atoms with Gasteiger partial charge >= 0.3 is 5.97 Å². The third kappa shape index (κ3) is 2.65. The lowest BCUT2D eigenvalue weighted by molar-refractivity contribution is 0.0702. The molecular weight excluding hydrogens is 236 g/mol. The normalized spacial score (nSPS) is 10.2. The fraction of sp³-hybridized carbons (Fsp3) is 0.154. The number of hydrogen-bond acceptors (Lipinski definition) is 3. The number of ether oxygens (including phenoxy) is 1. The molecule has 0 amide bonds. The summed E-state index contributed by atoms with van der Waals surface area (Å²) in [4.78, 5) is 12.1. The van der Waals surface area contributed by atoms with Crippen molar-refractivity contribution < 1.29 is 14.6 Å². The summed E-state index contributed by atoms with van der Waals surface area (Å²) in [7, 11) is 0. The maximum atomic E-state index is 10.8. The number of hydrogen-bond donors (Lipinski definition) is 1. The van der Waals surface area contributed by atoms with Gasteiger partial charge in [-0.15, -0.1) is 11.3 Å². The number of carboxylic acids is 1. The molecule has 0 saturated heterocycles. The topological polar surface area (TPSA) is 46.5 Å². The first-order chi connectivity index (χ1) is 8.20. The fourth-order valence-electron chi connectivity index (χ4n) is 1.49. The Morgan fingerprint density at radius 2 is 1.94 bits per heavy atom. The second-order valence-electron chi connectivity index (χ2n) is 3.43. The summed E-state index contributed by atoms with van der Waals surface area (Å²) in [5, 5.41) is 8.85. The van der Waals surface area contributed by atoms with E-state index in [1.54, 1.807) is 6.07 Å². The number of aromatic carboxylic acids is 1. The van der Waals surface area contributed by atoms with Gasteiger partial charge in [-0.25, -0.2) is 4.79 Å². The van der Waals surface area contributed by atoms with Gasteiger partial charge in [-0.1, -0.05) is 0 Å². The van der Waals surface area contributed by atoms with E-state index in [2.05, 4.69) is 0 Å². The lowest BCUT2D eigenvalue weighted by atomic mass is 10.2. The van der Waals surface area contributed by atoms with E-state index >= 15 is 0 Å². The minimum Gasteiger partial charge on any atom is -0.494 e. The summed E-state index contributed by atoms with van der Waals surface area (Å²) in [6.07, 6.45) is 0. The third-order valence-electron chi connectivity index (χ3n) is 2.27. The standard InChI is InChI=1S/C13H12O3S/c1-2-16-10-5-3-9(4-6-10)11-7-8-12(17-11)13(14)15/h3-8H,2H2,1H3,(H,14,15). The largest absolute Gasteiger partial charge is 0.494 e. The number of carboxylic acid groups (broad SMARTS) is 1. The second kappa shape index (κ2) is 5.01. The molecule has 1 heterocycles. The zero-order valence-corrected chi connectivity index (χ0v) is 10.2. The van der Waals surface area contributed by atoms with Crippen molar-refractivity contribution in [2.75, 3.05) is 6.61 Å². The van der Waals surface area contributed by atoms with Crippen molar-refractivity contribution in [3.63, 3.8) is 0 Å². The van der Waals surface area contributed by atoms with Crippen LogP contribution >= 0.6 is 11.3 Å². The highest BCUT2D eigenvalue weighted by molar-refractivity contribution is 7.17. The molecule has 0 atom stereocenters. The highest BCUT2D eigenvalue weighted by Gasteiger charge is 2.08. The van der Waals surface area contributed by atoms with Crippen molar-refractivity contribution in [3.05, 3.63) is 41.3 Å². The Balaban J connectivity index is 2.23. The maximum absolute atomic E-state index is 10.8. The van der Waals surface area contributed by atoms with E-state index < -0.39 is 5.97 Å². The van der Waals surface area contributed by atoms with E-state index in [0.29, 0.717) is 11.5 Å². The Morgan fingerprint density at radius 1 is 1.24 bits per heavy atom. The zero-order valence-electron chi connectivity index (χ0n) is 9.34. The monoisotopic (exact) mass is 248 g/mol. The van der Waals surface area contributed by atoms with Crippen LogP contribution in [0.4, 0.5) is 0 Å². The Kier molecular flexibility index (Phi) is 3.44. The molecule has 3 nitrogen and oxygen atoms in total. The number of thiophene rings is 1. The van der Waals surface area contributed by atoms with Gasteiger partial charge < -0.3 is 9.84 Å². The third-order valence-corrected chi connectivity index (χ3v) is 3.39. The number of carbonyl (C=O) groups is 1. The minimum atomic E-state index is -0.882. The highest BCUT2D eigenvalue weighted by atomic mass is 32.1. The van der Waals surface area contributed by atoms with Gasteiger partial charge in [-0.2, -0.15) is 0 Å². The summed E-state index contributed by atoms with van der Waals surface area (Å²) >= 11 is 1.27. The lowest BCUT2D eigenvalue weighted by Crippen LogP contribution is -1.90. The molecule has 1 N–H and O–H groups in total. The summed E-state index contributed by atoms with van der Waals surface area (Å²) in [5.41, 5.74) is 1.01. The first-order valence-corrected chi connectivity index (χ1v) is 6.08. The molecule has 4 heteroatoms. The van der Waals surface area contributed by atoms with E-state index in [0.717, 1.165) is 16.2 Å². The Bertz CT molecular complexity index is 514. The molecule has 1 aromatic carbocycles. The molecule has 0 unspecified atom stereocenters. The molecule has 2 aromatic rings. The van der Waals surface area contributed by atoms with E-state index in [9.17, 15) is 4.79 Å². The summed E-state index contributed by atoms with van der Waals surface area (Å²) < 4.78 is 5.35. The zero-order chi connectivity index (χ0) is 12.3. The number of rotatable bonds is 4. The van der Waals surface area contributed by atoms with Crippen LogP contribution in [0.15, 0.2) is 36.4 Å². The molecule has 88 valence electrons. The van der Waals surface area contributed by atoms with Crippen LogP contribution in [-0.4, -0.2) is 17.7 Å². The first kappa shape index (κ1) is 11.7. The van der Waals surface area contributed by atoms with Gasteiger partial charge in [-0.05, 0) is 48.9 Å². The Labute approximate surface area is 103 Å². The van der Waals surface area contributed by atoms with Crippen molar-refractivity contribution in [3.8, 4) is 16.2 Å². The SMILES string of the molecule is CCOc1ccc(-c2ccc(C(=O)O)s2)cc1. The molecule has 0 bridgehead atoms. The van der Waals surface area contributed by atoms with Crippen LogP contribution in [0.25, 0.3) is 10.4 Å². The van der Waals surface area contributed by atoms with Gasteiger partial charge in [0.2, 0.25) is 0 Å². The fourth-order valence-corrected chi connectivity index (χ4v) is 2.34. The molecular formula is C13H12O3S. The van der Waals surface area contributed by atoms with Crippen LogP contribution in [-0.2, 0) is 0 Å². The average molecular weight is 248 g/mol. The summed E-state index contributed by atoms with van der Waals surface area (Å²) in [6.45, 7) is 2.58. The molecule has 0 radical (unpaired) electrons. The maximum Gasteiger partial charge on any atom is 0.345 e. The second-order valence-corrected chi connectivity index (χ2v) is 4.51. The van der Waals surface area contributed by atoms with E-state index in [4.69, 9.17) is 9.84 Å². The van der Waals surface area contributed by atoms with Crippen LogP contribution < -0.4 is 4.74 Å². The average Bonchev–Trinajstić information content (AvgIpc) is 2.80. The van der Waals surface area contributed by atoms with Crippen LogP contribution in [0, 0.1) is 0 Å². The van der Waals surface area contributed by atoms with Crippen LogP contribution in [0.3, 0.4) is 0 Å². The molecule has 0 aliphatic carbocycles. The van der Waals surface area contributed by atoms with E-state index in [1.165, 1.54) is 11.3 Å². The van der Waals surface area contributed by atoms with E-state index in [1.807, 2.05) is 37.3 Å². The minimum absolute atomic E-state index is 0.355. The van der Waals surface area contributed by atoms with Gasteiger partial charge in [0.25, 0.3) is 0 Å². The summed E-state index contributed by atoms with van der Waals surface area (Å²) in [6, 6.07) is 11.1. The lowest BCUT2D eigenvalue weighted by Gasteiger charge is -2.03. The van der Waals surface area contributed by atoms with Crippen LogP contribution in [0.5, 0.6) is 5.75 Å². The van der Waals surface area contributed by atoms with Gasteiger partial charge in [0, 0.05) is 4.88 Å². The van der Waals surface area contributed by atoms with Crippen LogP contribution in [0.1, 0.15) is 16.6 Å². The predicted molar refractivity (Wildman–Crippen MR) is 67.9 cm³/mol. The van der Waals surface area contributed by atoms with Crippen molar-refractivity contribution >= 4 is 17.3 Å². The van der Waals surface area contributed by atoms with E-state index in [-0.39, 0.29) is 0 Å². The molecule has 1 aromatic heterocycles. The molecule has 0 aliphatic heterocycles. The summed E-state index contributed by atoms with van der Waals surface area (Å²) in [5.74, 6) is -0.0570. The molecule has 0 saturated carbocycles. The highest BCUT2D eigenvalue weighted by Crippen LogP contribution is 2.29. The molecule has 0 fully saturated rings. The van der Waals surface area contributed by atoms with Crippen LogP contribution in [0.2, 0.25) is 0 Å². The number of benzene rings is 1. The Hall–Kier alpha value is -1.81. The molecule has 2 rings (SSSR count). The predicted octanol–water partition coefficient (Wildman–Crippen LogP) is 3.51. The van der Waals surface area contributed by atoms with Gasteiger partial charge in [0.05, 0.1) is 6.61 Å². The van der Waals surface area contributed by atoms with Crippen molar-refractivity contribution in [2.45, 2.75) is 6.92 Å². The Morgan fingerprint density at radius 3 is 2.47 bits per heavy atom. The first-order valence-electron chi connectivity index (χ1n) is 5.27. The smallest absolute Gasteiger partial charge is 0.345 e. The molecule has 0 aliphatic rings. The van der Waals surface area contributed by atoms with Gasteiger partial charge in [0.15, 0.2) is 0 Å². The van der Waals surface area contributed by atoms with Crippen molar-refractivity contribution in [2.24, 2.45) is 0 Å². The molecule has 17 heavy (non-hydrogen) atoms. The van der Waals surface area contributed by atoms with Gasteiger partial charge in [0.1, 0.15) is 10.6 Å². The van der Waals surface area contributed by atoms with Crippen molar-refractivity contribution in [1.29, 1.82) is 0 Å². The molecule has 0 spiro atoms.